The summed E-state index contributed by atoms with van der Waals surface area (Å²) in [7, 11) is 1.38. The van der Waals surface area contributed by atoms with Gasteiger partial charge in [0.1, 0.15) is 5.75 Å². The normalized spacial score (nSPS) is 11.4. The Kier molecular flexibility index (Phi) is 9.35. The molecule has 4 heteroatoms. The summed E-state index contributed by atoms with van der Waals surface area (Å²) in [6.07, 6.45) is 0. The van der Waals surface area contributed by atoms with Crippen LogP contribution in [0.2, 0.25) is 0 Å². The molecule has 3 nitrogen and oxygen atoms in total. The van der Waals surface area contributed by atoms with E-state index in [0.717, 1.165) is 11.1 Å². The largest absolute Gasteiger partial charge is 0.508 e. The summed E-state index contributed by atoms with van der Waals surface area (Å²) in [5.41, 5.74) is 2.82. The van der Waals surface area contributed by atoms with E-state index in [1.54, 1.807) is 24.3 Å². The summed E-state index contributed by atoms with van der Waals surface area (Å²) in [4.78, 5) is 11.5. The second kappa shape index (κ2) is 10.1. The molecule has 2 aromatic carbocycles. The first kappa shape index (κ1) is 23.1. The second-order valence-electron chi connectivity index (χ2n) is 6.50. The van der Waals surface area contributed by atoms with Gasteiger partial charge in [0.05, 0.1) is 12.7 Å². The Bertz CT molecular complexity index is 640. The van der Waals surface area contributed by atoms with Gasteiger partial charge in [0.2, 0.25) is 0 Å². The van der Waals surface area contributed by atoms with Gasteiger partial charge < -0.3 is 9.84 Å². The van der Waals surface area contributed by atoms with Crippen molar-refractivity contribution in [3.05, 3.63) is 65.2 Å². The third kappa shape index (κ3) is 6.13. The number of carbonyl (C=O) groups excluding carboxylic acids is 1. The quantitative estimate of drug-likeness (QED) is 0.734. The number of ether oxygens (including phenoxy) is 1. The van der Waals surface area contributed by atoms with Crippen molar-refractivity contribution in [3.8, 4) is 5.75 Å². The predicted octanol–water partition coefficient (Wildman–Crippen LogP) is 5.50. The molecule has 1 atom stereocenters. The summed E-state index contributed by atoms with van der Waals surface area (Å²) in [6.45, 7) is 10.5. The summed E-state index contributed by atoms with van der Waals surface area (Å²) in [5.74, 6) is 0.0979. The average molecular weight is 363 g/mol. The number of rotatable bonds is 3. The van der Waals surface area contributed by atoms with E-state index >= 15 is 0 Å². The first-order valence-corrected chi connectivity index (χ1v) is 8.30. The molecule has 2 rings (SSSR count). The van der Waals surface area contributed by atoms with E-state index in [1.165, 1.54) is 7.11 Å². The number of methoxy groups -OCH3 is 1. The van der Waals surface area contributed by atoms with Crippen LogP contribution in [-0.2, 0) is 4.74 Å². The molecule has 0 amide bonds. The molecular weight excluding hydrogens is 332 g/mol. The molecule has 0 radical (unpaired) electrons. The van der Waals surface area contributed by atoms with E-state index in [-0.39, 0.29) is 36.5 Å². The fraction of sp³-hybridized carbons (Fsp3) is 0.381. The molecule has 0 aliphatic heterocycles. The number of phenols is 1. The van der Waals surface area contributed by atoms with E-state index in [4.69, 9.17) is 4.74 Å². The Balaban J connectivity index is 0.00000185. The maximum absolute atomic E-state index is 11.5. The van der Waals surface area contributed by atoms with Crippen LogP contribution in [0.25, 0.3) is 0 Å². The lowest BCUT2D eigenvalue weighted by Crippen LogP contribution is -2.19. The minimum Gasteiger partial charge on any atom is -0.508 e. The maximum Gasteiger partial charge on any atom is 0.337 e. The van der Waals surface area contributed by atoms with Crippen molar-refractivity contribution in [2.75, 3.05) is 7.11 Å². The summed E-state index contributed by atoms with van der Waals surface area (Å²) < 4.78 is 4.73. The van der Waals surface area contributed by atoms with Crippen LogP contribution in [-0.4, -0.2) is 18.2 Å². The Morgan fingerprint density at radius 2 is 1.32 bits per heavy atom. The Morgan fingerprint density at radius 1 is 0.920 bits per heavy atom. The SMILES string of the molecule is CC.COC(=O)c1ccc(C(c2ccc(O)cc2)C(C)(C)C)cc1.S. The highest BCUT2D eigenvalue weighted by molar-refractivity contribution is 7.59. The molecule has 0 fully saturated rings. The lowest BCUT2D eigenvalue weighted by molar-refractivity contribution is 0.0600. The third-order valence-electron chi connectivity index (χ3n) is 3.76. The van der Waals surface area contributed by atoms with Crippen LogP contribution in [0.5, 0.6) is 5.75 Å². The zero-order valence-corrected chi connectivity index (χ0v) is 17.0. The second-order valence-corrected chi connectivity index (χ2v) is 6.50. The minimum absolute atomic E-state index is 0. The number of esters is 1. The smallest absolute Gasteiger partial charge is 0.337 e. The monoisotopic (exact) mass is 362 g/mol. The van der Waals surface area contributed by atoms with Gasteiger partial charge in [-0.1, -0.05) is 58.9 Å². The Labute approximate surface area is 158 Å². The van der Waals surface area contributed by atoms with Crippen molar-refractivity contribution >= 4 is 19.5 Å². The van der Waals surface area contributed by atoms with Gasteiger partial charge >= 0.3 is 5.97 Å². The minimum atomic E-state index is -0.330. The van der Waals surface area contributed by atoms with Crippen LogP contribution >= 0.6 is 13.5 Å². The van der Waals surface area contributed by atoms with Crippen LogP contribution in [0, 0.1) is 5.41 Å². The molecule has 0 aromatic heterocycles. The van der Waals surface area contributed by atoms with Crippen molar-refractivity contribution in [3.63, 3.8) is 0 Å². The number of hydrogen-bond donors (Lipinski definition) is 1. The molecule has 138 valence electrons. The van der Waals surface area contributed by atoms with Crippen molar-refractivity contribution in [1.29, 1.82) is 0 Å². The molecule has 0 aliphatic carbocycles. The van der Waals surface area contributed by atoms with Gasteiger partial charge in [-0.15, -0.1) is 0 Å². The zero-order valence-electron chi connectivity index (χ0n) is 16.0. The number of carbonyl (C=O) groups is 1. The molecule has 0 saturated carbocycles. The number of aromatic hydroxyl groups is 1. The number of phenolic OH excluding ortho intramolecular Hbond substituents is 1. The first-order chi connectivity index (χ1) is 11.3. The van der Waals surface area contributed by atoms with Crippen LogP contribution in [0.4, 0.5) is 0 Å². The van der Waals surface area contributed by atoms with Crippen LogP contribution < -0.4 is 0 Å². The maximum atomic E-state index is 11.5. The number of hydrogen-bond acceptors (Lipinski definition) is 3. The standard InChI is InChI=1S/C19H22O3.C2H6.H2S/c1-19(2,3)17(14-9-11-16(20)12-10-14)13-5-7-15(8-6-13)18(21)22-4;1-2;/h5-12,17,20H,1-4H3;1-2H3;1H2. The highest BCUT2D eigenvalue weighted by Crippen LogP contribution is 2.40. The van der Waals surface area contributed by atoms with E-state index < -0.39 is 0 Å². The fourth-order valence-electron chi connectivity index (χ4n) is 2.79. The first-order valence-electron chi connectivity index (χ1n) is 8.30. The van der Waals surface area contributed by atoms with Gasteiger partial charge in [-0.05, 0) is 40.8 Å². The lowest BCUT2D eigenvalue weighted by atomic mass is 9.72. The van der Waals surface area contributed by atoms with Gasteiger partial charge in [0.25, 0.3) is 0 Å². The highest BCUT2D eigenvalue weighted by Gasteiger charge is 2.28. The van der Waals surface area contributed by atoms with Gasteiger partial charge in [-0.3, -0.25) is 0 Å². The van der Waals surface area contributed by atoms with Gasteiger partial charge in [0, 0.05) is 5.92 Å². The van der Waals surface area contributed by atoms with Crippen LogP contribution in [0.3, 0.4) is 0 Å². The highest BCUT2D eigenvalue weighted by atomic mass is 32.1. The van der Waals surface area contributed by atoms with E-state index in [9.17, 15) is 9.90 Å². The van der Waals surface area contributed by atoms with E-state index in [2.05, 4.69) is 20.8 Å². The Morgan fingerprint density at radius 3 is 1.68 bits per heavy atom. The molecule has 1 N–H and O–H groups in total. The summed E-state index contributed by atoms with van der Waals surface area (Å²) in [6, 6.07) is 14.8. The topological polar surface area (TPSA) is 46.5 Å². The molecular formula is C21H30O3S. The Hall–Kier alpha value is -1.94. The molecule has 0 bridgehead atoms. The molecule has 0 heterocycles. The van der Waals surface area contributed by atoms with Gasteiger partial charge in [-0.25, -0.2) is 4.79 Å². The molecule has 0 saturated heterocycles. The van der Waals surface area contributed by atoms with E-state index in [1.807, 2.05) is 38.1 Å². The molecule has 0 aliphatic rings. The lowest BCUT2D eigenvalue weighted by Gasteiger charge is -2.32. The van der Waals surface area contributed by atoms with Crippen molar-refractivity contribution in [1.82, 2.24) is 0 Å². The summed E-state index contributed by atoms with van der Waals surface area (Å²) in [5, 5.41) is 9.49. The van der Waals surface area contributed by atoms with Crippen LogP contribution in [0.1, 0.15) is 62.0 Å². The van der Waals surface area contributed by atoms with Crippen molar-refractivity contribution in [2.45, 2.75) is 40.5 Å². The molecule has 0 spiro atoms. The molecule has 1 unspecified atom stereocenters. The zero-order chi connectivity index (χ0) is 18.3. The fourth-order valence-corrected chi connectivity index (χ4v) is 2.79. The van der Waals surface area contributed by atoms with Crippen LogP contribution in [0.15, 0.2) is 48.5 Å². The van der Waals surface area contributed by atoms with E-state index in [0.29, 0.717) is 5.56 Å². The number of benzene rings is 2. The van der Waals surface area contributed by atoms with Crippen molar-refractivity contribution < 1.29 is 14.6 Å². The predicted molar refractivity (Wildman–Crippen MR) is 109 cm³/mol. The van der Waals surface area contributed by atoms with Gasteiger partial charge in [0.15, 0.2) is 0 Å². The van der Waals surface area contributed by atoms with Gasteiger partial charge in [-0.2, -0.15) is 13.5 Å². The van der Waals surface area contributed by atoms with Crippen molar-refractivity contribution in [2.24, 2.45) is 5.41 Å². The third-order valence-corrected chi connectivity index (χ3v) is 3.76. The molecule has 25 heavy (non-hydrogen) atoms. The average Bonchev–Trinajstić information content (AvgIpc) is 2.57. The summed E-state index contributed by atoms with van der Waals surface area (Å²) >= 11 is 0. The molecule has 2 aromatic rings.